The van der Waals surface area contributed by atoms with Crippen molar-refractivity contribution in [3.8, 4) is 0 Å². The Labute approximate surface area is 135 Å². The molecule has 0 aliphatic carbocycles. The predicted molar refractivity (Wildman–Crippen MR) is 86.2 cm³/mol. The van der Waals surface area contributed by atoms with Gasteiger partial charge in [0, 0.05) is 37.3 Å². The Morgan fingerprint density at radius 3 is 2.82 bits per heavy atom. The summed E-state index contributed by atoms with van der Waals surface area (Å²) in [6.07, 6.45) is 1.33. The van der Waals surface area contributed by atoms with Gasteiger partial charge < -0.3 is 15.0 Å². The Morgan fingerprint density at radius 1 is 1.45 bits per heavy atom. The predicted octanol–water partition coefficient (Wildman–Crippen LogP) is 2.30. The number of ether oxygens (including phenoxy) is 1. The van der Waals surface area contributed by atoms with Gasteiger partial charge in [-0.2, -0.15) is 0 Å². The fourth-order valence-corrected chi connectivity index (χ4v) is 2.58. The first kappa shape index (κ1) is 16.8. The lowest BCUT2D eigenvalue weighted by Crippen LogP contribution is -2.41. The Kier molecular flexibility index (Phi) is 5.80. The minimum atomic E-state index is -0.348. The summed E-state index contributed by atoms with van der Waals surface area (Å²) in [6.45, 7) is 4.82. The molecule has 0 saturated carbocycles. The van der Waals surface area contributed by atoms with Crippen molar-refractivity contribution in [2.24, 2.45) is 0 Å². The number of hydrogen-bond donors (Lipinski definition) is 1. The molecule has 2 rings (SSSR count). The van der Waals surface area contributed by atoms with Crippen molar-refractivity contribution in [2.75, 3.05) is 24.6 Å². The van der Waals surface area contributed by atoms with Gasteiger partial charge in [0.15, 0.2) is 0 Å². The van der Waals surface area contributed by atoms with Crippen molar-refractivity contribution in [3.05, 3.63) is 28.8 Å². The molecule has 6 heteroatoms. The molecule has 120 valence electrons. The Balaban J connectivity index is 1.93. The van der Waals surface area contributed by atoms with Gasteiger partial charge in [0.1, 0.15) is 6.10 Å². The zero-order valence-electron chi connectivity index (χ0n) is 12.9. The third-order valence-electron chi connectivity index (χ3n) is 3.70. The van der Waals surface area contributed by atoms with Crippen LogP contribution in [0.15, 0.2) is 18.2 Å². The van der Waals surface area contributed by atoms with Crippen LogP contribution in [0.3, 0.4) is 0 Å². The summed E-state index contributed by atoms with van der Waals surface area (Å²) in [7, 11) is 0. The lowest BCUT2D eigenvalue weighted by Gasteiger charge is -2.22. The molecule has 1 aliphatic heterocycles. The minimum absolute atomic E-state index is 0.0914. The number of rotatable bonds is 5. The summed E-state index contributed by atoms with van der Waals surface area (Å²) in [5.74, 6) is -0.200. The van der Waals surface area contributed by atoms with Crippen LogP contribution in [0.2, 0.25) is 5.02 Å². The molecule has 1 aromatic rings. The molecule has 1 atom stereocenters. The van der Waals surface area contributed by atoms with E-state index in [4.69, 9.17) is 16.3 Å². The lowest BCUT2D eigenvalue weighted by molar-refractivity contribution is -0.130. The topological polar surface area (TPSA) is 58.6 Å². The summed E-state index contributed by atoms with van der Waals surface area (Å²) in [5, 5.41) is 3.43. The van der Waals surface area contributed by atoms with Crippen molar-refractivity contribution in [1.82, 2.24) is 5.32 Å². The van der Waals surface area contributed by atoms with E-state index in [0.717, 1.165) is 24.1 Å². The normalized spacial score (nSPS) is 17.3. The molecule has 1 aliphatic rings. The molecule has 0 aromatic heterocycles. The molecule has 0 bridgehead atoms. The highest BCUT2D eigenvalue weighted by atomic mass is 35.5. The highest BCUT2D eigenvalue weighted by Gasteiger charge is 2.23. The molecule has 1 N–H and O–H groups in total. The van der Waals surface area contributed by atoms with E-state index in [1.165, 1.54) is 6.92 Å². The molecule has 1 heterocycles. The summed E-state index contributed by atoms with van der Waals surface area (Å²) in [4.78, 5) is 25.3. The molecular weight excluding hydrogens is 304 g/mol. The van der Waals surface area contributed by atoms with E-state index in [1.807, 2.05) is 19.1 Å². The Morgan fingerprint density at radius 2 is 2.23 bits per heavy atom. The molecule has 2 amide bonds. The standard InChI is InChI=1S/C16H21ClN2O3/c1-11-5-6-13(10-14(11)17)19(12(2)20)8-7-18-16(21)15-4-3-9-22-15/h5-6,10,15H,3-4,7-9H2,1-2H3,(H,18,21). The number of nitrogens with zero attached hydrogens (tertiary/aromatic N) is 1. The van der Waals surface area contributed by atoms with Gasteiger partial charge in [-0.1, -0.05) is 17.7 Å². The molecular formula is C16H21ClN2O3. The van der Waals surface area contributed by atoms with E-state index in [-0.39, 0.29) is 17.9 Å². The highest BCUT2D eigenvalue weighted by molar-refractivity contribution is 6.31. The van der Waals surface area contributed by atoms with E-state index in [9.17, 15) is 9.59 Å². The van der Waals surface area contributed by atoms with Gasteiger partial charge in [-0.25, -0.2) is 0 Å². The third kappa shape index (κ3) is 4.21. The largest absolute Gasteiger partial charge is 0.368 e. The summed E-state index contributed by atoms with van der Waals surface area (Å²) in [6, 6.07) is 5.49. The number of carbonyl (C=O) groups is 2. The molecule has 1 saturated heterocycles. The van der Waals surface area contributed by atoms with Gasteiger partial charge >= 0.3 is 0 Å². The van der Waals surface area contributed by atoms with Crippen molar-refractivity contribution in [3.63, 3.8) is 0 Å². The second kappa shape index (κ2) is 7.61. The highest BCUT2D eigenvalue weighted by Crippen LogP contribution is 2.23. The molecule has 5 nitrogen and oxygen atoms in total. The smallest absolute Gasteiger partial charge is 0.249 e. The van der Waals surface area contributed by atoms with E-state index in [1.54, 1.807) is 11.0 Å². The molecule has 0 radical (unpaired) electrons. The fourth-order valence-electron chi connectivity index (χ4n) is 2.41. The van der Waals surface area contributed by atoms with Crippen molar-refractivity contribution in [1.29, 1.82) is 0 Å². The monoisotopic (exact) mass is 324 g/mol. The van der Waals surface area contributed by atoms with E-state index in [2.05, 4.69) is 5.32 Å². The first-order valence-electron chi connectivity index (χ1n) is 7.42. The Bertz CT molecular complexity index is 556. The van der Waals surface area contributed by atoms with Crippen LogP contribution in [-0.4, -0.2) is 37.6 Å². The molecule has 1 fully saturated rings. The van der Waals surface area contributed by atoms with Crippen LogP contribution in [0.4, 0.5) is 5.69 Å². The van der Waals surface area contributed by atoms with Crippen LogP contribution in [0, 0.1) is 6.92 Å². The van der Waals surface area contributed by atoms with Gasteiger partial charge in [-0.05, 0) is 37.5 Å². The van der Waals surface area contributed by atoms with Gasteiger partial charge in [0.05, 0.1) is 0 Å². The summed E-state index contributed by atoms with van der Waals surface area (Å²) >= 11 is 6.11. The van der Waals surface area contributed by atoms with Crippen LogP contribution in [0.1, 0.15) is 25.3 Å². The molecule has 22 heavy (non-hydrogen) atoms. The number of carbonyl (C=O) groups excluding carboxylic acids is 2. The zero-order valence-corrected chi connectivity index (χ0v) is 13.7. The number of halogens is 1. The van der Waals surface area contributed by atoms with Crippen LogP contribution in [0.25, 0.3) is 0 Å². The zero-order chi connectivity index (χ0) is 16.1. The van der Waals surface area contributed by atoms with Crippen LogP contribution >= 0.6 is 11.6 Å². The number of aryl methyl sites for hydroxylation is 1. The summed E-state index contributed by atoms with van der Waals surface area (Å²) in [5.41, 5.74) is 1.69. The lowest BCUT2D eigenvalue weighted by atomic mass is 10.2. The van der Waals surface area contributed by atoms with Crippen LogP contribution in [0.5, 0.6) is 0 Å². The maximum atomic E-state index is 11.9. The van der Waals surface area contributed by atoms with Gasteiger partial charge in [-0.3, -0.25) is 9.59 Å². The maximum absolute atomic E-state index is 11.9. The van der Waals surface area contributed by atoms with Gasteiger partial charge in [0.25, 0.3) is 0 Å². The second-order valence-corrected chi connectivity index (χ2v) is 5.80. The third-order valence-corrected chi connectivity index (χ3v) is 4.11. The molecule has 1 aromatic carbocycles. The van der Waals surface area contributed by atoms with Crippen LogP contribution in [-0.2, 0) is 14.3 Å². The van der Waals surface area contributed by atoms with Gasteiger partial charge in [0.2, 0.25) is 11.8 Å². The average Bonchev–Trinajstić information content (AvgIpc) is 3.00. The number of amides is 2. The van der Waals surface area contributed by atoms with Gasteiger partial charge in [-0.15, -0.1) is 0 Å². The minimum Gasteiger partial charge on any atom is -0.368 e. The SMILES string of the molecule is CC(=O)N(CCNC(=O)C1CCCO1)c1ccc(C)c(Cl)c1. The molecule has 1 unspecified atom stereocenters. The summed E-state index contributed by atoms with van der Waals surface area (Å²) < 4.78 is 5.32. The van der Waals surface area contributed by atoms with E-state index in [0.29, 0.717) is 24.7 Å². The van der Waals surface area contributed by atoms with Crippen LogP contribution < -0.4 is 10.2 Å². The number of hydrogen-bond acceptors (Lipinski definition) is 3. The first-order chi connectivity index (χ1) is 10.5. The van der Waals surface area contributed by atoms with Crippen molar-refractivity contribution < 1.29 is 14.3 Å². The second-order valence-electron chi connectivity index (χ2n) is 5.40. The molecule has 0 spiro atoms. The fraction of sp³-hybridized carbons (Fsp3) is 0.500. The van der Waals surface area contributed by atoms with Crippen molar-refractivity contribution >= 4 is 29.1 Å². The van der Waals surface area contributed by atoms with E-state index >= 15 is 0 Å². The number of benzene rings is 1. The first-order valence-corrected chi connectivity index (χ1v) is 7.80. The number of anilines is 1. The Hall–Kier alpha value is -1.59. The maximum Gasteiger partial charge on any atom is 0.249 e. The van der Waals surface area contributed by atoms with Crippen molar-refractivity contribution in [2.45, 2.75) is 32.8 Å². The number of nitrogens with one attached hydrogen (secondary N) is 1. The average molecular weight is 325 g/mol. The van der Waals surface area contributed by atoms with E-state index < -0.39 is 0 Å². The quantitative estimate of drug-likeness (QED) is 0.904.